The maximum atomic E-state index is 5.18. The van der Waals surface area contributed by atoms with E-state index >= 15 is 0 Å². The van der Waals surface area contributed by atoms with Gasteiger partial charge in [0.05, 0.1) is 22.5 Å². The van der Waals surface area contributed by atoms with Crippen molar-refractivity contribution in [3.63, 3.8) is 0 Å². The lowest BCUT2D eigenvalue weighted by Crippen LogP contribution is -2.25. The lowest BCUT2D eigenvalue weighted by molar-refractivity contribution is 0.794. The Balaban J connectivity index is 1.05. The molecule has 0 N–H and O–H groups in total. The number of fused-ring (bicyclic) bond motifs is 10. The summed E-state index contributed by atoms with van der Waals surface area (Å²) >= 11 is 0. The van der Waals surface area contributed by atoms with Crippen LogP contribution in [0.4, 0.5) is 0 Å². The molecule has 1 spiro atoms. The number of hydrogen-bond donors (Lipinski definition) is 0. The first-order valence-corrected chi connectivity index (χ1v) is 18.8. The molecule has 0 radical (unpaired) electrons. The van der Waals surface area contributed by atoms with Gasteiger partial charge in [0.25, 0.3) is 0 Å². The zero-order valence-electron chi connectivity index (χ0n) is 29.9. The highest BCUT2D eigenvalue weighted by Crippen LogP contribution is 2.63. The molecule has 2 aromatic heterocycles. The van der Waals surface area contributed by atoms with E-state index in [9.17, 15) is 0 Å². The predicted octanol–water partition coefficient (Wildman–Crippen LogP) is 12.6. The van der Waals surface area contributed by atoms with Crippen molar-refractivity contribution in [2.24, 2.45) is 0 Å². The number of aromatic nitrogens is 3. The van der Waals surface area contributed by atoms with Crippen LogP contribution in [0.5, 0.6) is 0 Å². The summed E-state index contributed by atoms with van der Waals surface area (Å²) in [6.07, 6.45) is 1.88. The third-order valence-corrected chi connectivity index (χ3v) is 11.4. The summed E-state index contributed by atoms with van der Waals surface area (Å²) in [7, 11) is 0. The molecule has 2 aliphatic rings. The van der Waals surface area contributed by atoms with E-state index in [1.54, 1.807) is 0 Å². The second-order valence-corrected chi connectivity index (χ2v) is 14.4. The second kappa shape index (κ2) is 12.4. The molecule has 3 nitrogen and oxygen atoms in total. The fraction of sp³-hybridized carbons (Fsp3) is 0.0192. The molecule has 0 fully saturated rings. The van der Waals surface area contributed by atoms with Gasteiger partial charge in [-0.1, -0.05) is 164 Å². The number of hydrogen-bond acceptors (Lipinski definition) is 3. The standard InChI is InChI=1S/C52H33N3/c1-3-14-34(15-4-1)48-29-27-39(33-53-48)51-54-49(35-16-5-2-6-17-35)32-50(55-51)38-19-13-18-36(30-38)37-26-28-43-42-22-9-12-25-46(42)52(47(43)31-37)44-23-10-7-20-40(44)41-21-8-11-24-45(41)52/h1-33H. The largest absolute Gasteiger partial charge is 0.255 e. The summed E-state index contributed by atoms with van der Waals surface area (Å²) in [6.45, 7) is 0. The van der Waals surface area contributed by atoms with Crippen molar-refractivity contribution in [2.45, 2.75) is 5.41 Å². The van der Waals surface area contributed by atoms with E-state index in [1.807, 2.05) is 48.7 Å². The number of benzene rings is 7. The fourth-order valence-corrected chi connectivity index (χ4v) is 8.92. The molecule has 0 saturated heterocycles. The molecule has 7 aromatic carbocycles. The number of rotatable bonds is 5. The molecule has 11 rings (SSSR count). The zero-order valence-corrected chi connectivity index (χ0v) is 29.9. The smallest absolute Gasteiger partial charge is 0.161 e. The van der Waals surface area contributed by atoms with Crippen LogP contribution in [-0.2, 0) is 5.41 Å². The van der Waals surface area contributed by atoms with Gasteiger partial charge in [0.1, 0.15) is 0 Å². The molecule has 55 heavy (non-hydrogen) atoms. The summed E-state index contributed by atoms with van der Waals surface area (Å²) in [4.78, 5) is 15.1. The Bertz CT molecular complexity index is 2850. The van der Waals surface area contributed by atoms with Crippen molar-refractivity contribution in [3.8, 4) is 78.5 Å². The van der Waals surface area contributed by atoms with Gasteiger partial charge in [0.15, 0.2) is 5.82 Å². The summed E-state index contributed by atoms with van der Waals surface area (Å²) in [5, 5.41) is 0. The SMILES string of the molecule is c1ccc(-c2ccc(-c3nc(-c4ccccc4)cc(-c4cccc(-c5ccc6c(c5)C5(c7ccccc7-c7ccccc75)c5ccccc5-6)c4)n3)cn2)cc1. The van der Waals surface area contributed by atoms with Gasteiger partial charge < -0.3 is 0 Å². The lowest BCUT2D eigenvalue weighted by atomic mass is 9.70. The van der Waals surface area contributed by atoms with Crippen LogP contribution in [0.25, 0.3) is 78.5 Å². The normalized spacial score (nSPS) is 12.9. The highest BCUT2D eigenvalue weighted by atomic mass is 14.9. The molecule has 3 heteroatoms. The van der Waals surface area contributed by atoms with E-state index in [1.165, 1.54) is 50.1 Å². The Morgan fingerprint density at radius 2 is 0.764 bits per heavy atom. The quantitative estimate of drug-likeness (QED) is 0.179. The van der Waals surface area contributed by atoms with Crippen LogP contribution in [0.15, 0.2) is 200 Å². The number of pyridine rings is 1. The molecule has 0 amide bonds. The molecule has 0 unspecified atom stereocenters. The van der Waals surface area contributed by atoms with E-state index in [-0.39, 0.29) is 5.41 Å². The van der Waals surface area contributed by atoms with Crippen LogP contribution in [-0.4, -0.2) is 15.0 Å². The second-order valence-electron chi connectivity index (χ2n) is 14.4. The Labute approximate surface area is 320 Å². The summed E-state index contributed by atoms with van der Waals surface area (Å²) in [5.74, 6) is 0.643. The highest BCUT2D eigenvalue weighted by Gasteiger charge is 2.51. The molecule has 2 heterocycles. The maximum Gasteiger partial charge on any atom is 0.161 e. The molecule has 0 atom stereocenters. The van der Waals surface area contributed by atoms with Gasteiger partial charge in [-0.05, 0) is 86.0 Å². The minimum Gasteiger partial charge on any atom is -0.255 e. The van der Waals surface area contributed by atoms with Crippen LogP contribution in [0, 0.1) is 0 Å². The average Bonchev–Trinajstić information content (AvgIpc) is 3.74. The van der Waals surface area contributed by atoms with Crippen molar-refractivity contribution >= 4 is 0 Å². The molecule has 256 valence electrons. The van der Waals surface area contributed by atoms with Gasteiger partial charge in [0.2, 0.25) is 0 Å². The minimum atomic E-state index is -0.386. The van der Waals surface area contributed by atoms with Crippen LogP contribution < -0.4 is 0 Å². The Hall–Kier alpha value is -7.23. The average molecular weight is 700 g/mol. The van der Waals surface area contributed by atoms with Crippen molar-refractivity contribution in [2.75, 3.05) is 0 Å². The van der Waals surface area contributed by atoms with Crippen molar-refractivity contribution in [1.82, 2.24) is 15.0 Å². The van der Waals surface area contributed by atoms with Crippen molar-refractivity contribution in [3.05, 3.63) is 223 Å². The van der Waals surface area contributed by atoms with Crippen LogP contribution in [0.3, 0.4) is 0 Å². The van der Waals surface area contributed by atoms with E-state index in [0.29, 0.717) is 5.82 Å². The molecule has 0 saturated carbocycles. The Morgan fingerprint density at radius 3 is 1.36 bits per heavy atom. The van der Waals surface area contributed by atoms with Gasteiger partial charge in [-0.25, -0.2) is 9.97 Å². The first-order chi connectivity index (χ1) is 27.3. The molecular formula is C52H33N3. The first kappa shape index (κ1) is 31.3. The molecule has 0 aliphatic heterocycles. The van der Waals surface area contributed by atoms with Crippen LogP contribution >= 0.6 is 0 Å². The third-order valence-electron chi connectivity index (χ3n) is 11.4. The molecular weight excluding hydrogens is 667 g/mol. The van der Waals surface area contributed by atoms with E-state index in [4.69, 9.17) is 15.0 Å². The van der Waals surface area contributed by atoms with Gasteiger partial charge in [-0.15, -0.1) is 0 Å². The van der Waals surface area contributed by atoms with Crippen molar-refractivity contribution < 1.29 is 0 Å². The van der Waals surface area contributed by atoms with E-state index in [0.717, 1.165) is 44.9 Å². The maximum absolute atomic E-state index is 5.18. The van der Waals surface area contributed by atoms with Gasteiger partial charge in [-0.3, -0.25) is 4.98 Å². The summed E-state index contributed by atoms with van der Waals surface area (Å²) in [6, 6.07) is 69.5. The van der Waals surface area contributed by atoms with Crippen LogP contribution in [0.2, 0.25) is 0 Å². The van der Waals surface area contributed by atoms with Crippen LogP contribution in [0.1, 0.15) is 22.3 Å². The topological polar surface area (TPSA) is 38.7 Å². The summed E-state index contributed by atoms with van der Waals surface area (Å²) < 4.78 is 0. The van der Waals surface area contributed by atoms with E-state index < -0.39 is 0 Å². The van der Waals surface area contributed by atoms with Gasteiger partial charge in [-0.2, -0.15) is 0 Å². The first-order valence-electron chi connectivity index (χ1n) is 18.8. The number of nitrogens with zero attached hydrogens (tertiary/aromatic N) is 3. The predicted molar refractivity (Wildman–Crippen MR) is 223 cm³/mol. The monoisotopic (exact) mass is 699 g/mol. The van der Waals surface area contributed by atoms with Crippen molar-refractivity contribution in [1.29, 1.82) is 0 Å². The Morgan fingerprint density at radius 1 is 0.291 bits per heavy atom. The molecule has 9 aromatic rings. The minimum absolute atomic E-state index is 0.386. The Kier molecular flexibility index (Phi) is 7.08. The summed E-state index contributed by atoms with van der Waals surface area (Å²) in [5.41, 5.74) is 19.2. The third kappa shape index (κ3) is 4.87. The van der Waals surface area contributed by atoms with Gasteiger partial charge >= 0.3 is 0 Å². The van der Waals surface area contributed by atoms with Gasteiger partial charge in [0, 0.05) is 28.5 Å². The molecule has 2 aliphatic carbocycles. The highest BCUT2D eigenvalue weighted by molar-refractivity contribution is 5.96. The lowest BCUT2D eigenvalue weighted by Gasteiger charge is -2.30. The zero-order chi connectivity index (χ0) is 36.3. The molecule has 0 bridgehead atoms. The fourth-order valence-electron chi connectivity index (χ4n) is 8.92. The van der Waals surface area contributed by atoms with E-state index in [2.05, 4.69) is 152 Å².